The number of rotatable bonds is 4. The monoisotopic (exact) mass is 268 g/mol. The highest BCUT2D eigenvalue weighted by atomic mass is 35.5. The van der Waals surface area contributed by atoms with Crippen LogP contribution in [-0.2, 0) is 9.53 Å². The van der Waals surface area contributed by atoms with E-state index in [9.17, 15) is 4.79 Å². The van der Waals surface area contributed by atoms with E-state index in [-0.39, 0.29) is 5.03 Å². The molecule has 0 aliphatic carbocycles. The maximum absolute atomic E-state index is 11.8. The smallest absolute Gasteiger partial charge is 0.314 e. The molecule has 0 aliphatic rings. The number of esters is 1. The molecule has 0 aliphatic heterocycles. The number of hydrogen-bond acceptors (Lipinski definition) is 3. The van der Waals surface area contributed by atoms with Crippen LogP contribution in [0, 0.1) is 5.41 Å². The van der Waals surface area contributed by atoms with Gasteiger partial charge < -0.3 is 9.47 Å². The Morgan fingerprint density at radius 3 is 2.28 bits per heavy atom. The van der Waals surface area contributed by atoms with Gasteiger partial charge in [-0.2, -0.15) is 0 Å². The van der Waals surface area contributed by atoms with Crippen molar-refractivity contribution < 1.29 is 14.3 Å². The van der Waals surface area contributed by atoms with Gasteiger partial charge in [-0.1, -0.05) is 36.4 Å². The first-order valence-corrected chi connectivity index (χ1v) is 5.95. The van der Waals surface area contributed by atoms with Crippen LogP contribution in [0.15, 0.2) is 41.9 Å². The van der Waals surface area contributed by atoms with Gasteiger partial charge in [0.1, 0.15) is 5.75 Å². The van der Waals surface area contributed by atoms with Gasteiger partial charge in [0.25, 0.3) is 6.29 Å². The van der Waals surface area contributed by atoms with Crippen LogP contribution >= 0.6 is 11.6 Å². The summed E-state index contributed by atoms with van der Waals surface area (Å²) < 4.78 is 10.7. The van der Waals surface area contributed by atoms with Gasteiger partial charge in [0.2, 0.25) is 0 Å². The van der Waals surface area contributed by atoms with Crippen molar-refractivity contribution in [3.05, 3.63) is 41.9 Å². The summed E-state index contributed by atoms with van der Waals surface area (Å²) in [6.45, 7) is 8.82. The van der Waals surface area contributed by atoms with Crippen molar-refractivity contribution in [1.82, 2.24) is 0 Å². The van der Waals surface area contributed by atoms with E-state index in [2.05, 4.69) is 6.58 Å². The molecule has 18 heavy (non-hydrogen) atoms. The summed E-state index contributed by atoms with van der Waals surface area (Å²) in [6.07, 6.45) is -0.985. The molecule has 0 amide bonds. The molecule has 0 bridgehead atoms. The molecule has 98 valence electrons. The fourth-order valence-corrected chi connectivity index (χ4v) is 1.14. The van der Waals surface area contributed by atoms with Crippen molar-refractivity contribution in [1.29, 1.82) is 0 Å². The van der Waals surface area contributed by atoms with Crippen molar-refractivity contribution >= 4 is 17.6 Å². The van der Waals surface area contributed by atoms with Crippen LogP contribution in [0.25, 0.3) is 0 Å². The lowest BCUT2D eigenvalue weighted by Crippen LogP contribution is -2.31. The molecule has 0 aromatic heterocycles. The van der Waals surface area contributed by atoms with E-state index in [1.54, 1.807) is 32.9 Å². The largest absolute Gasteiger partial charge is 0.450 e. The number of hydrogen-bond donors (Lipinski definition) is 0. The van der Waals surface area contributed by atoms with Gasteiger partial charge in [-0.3, -0.25) is 4.79 Å². The highest BCUT2D eigenvalue weighted by Gasteiger charge is 2.28. The summed E-state index contributed by atoms with van der Waals surface area (Å²) in [5.74, 6) is 0.163. The van der Waals surface area contributed by atoms with Crippen LogP contribution in [0.1, 0.15) is 20.8 Å². The predicted octanol–water partition coefficient (Wildman–Crippen LogP) is 3.73. The summed E-state index contributed by atoms with van der Waals surface area (Å²) in [5.41, 5.74) is -0.620. The molecular weight excluding hydrogens is 252 g/mol. The fraction of sp³-hybridized carbons (Fsp3) is 0.357. The SMILES string of the molecule is C=C(Cl)C(OC(=O)C(C)(C)C)Oc1ccccc1. The van der Waals surface area contributed by atoms with E-state index in [0.717, 1.165) is 0 Å². The van der Waals surface area contributed by atoms with Gasteiger partial charge in [0.05, 0.1) is 10.4 Å². The molecule has 0 saturated carbocycles. The van der Waals surface area contributed by atoms with E-state index >= 15 is 0 Å². The van der Waals surface area contributed by atoms with Crippen molar-refractivity contribution in [3.8, 4) is 5.75 Å². The average molecular weight is 269 g/mol. The van der Waals surface area contributed by atoms with Gasteiger partial charge in [-0.15, -0.1) is 0 Å². The zero-order valence-corrected chi connectivity index (χ0v) is 11.5. The Morgan fingerprint density at radius 2 is 1.83 bits per heavy atom. The Labute approximate surface area is 112 Å². The molecule has 4 heteroatoms. The lowest BCUT2D eigenvalue weighted by molar-refractivity contribution is -0.167. The number of ether oxygens (including phenoxy) is 2. The van der Waals surface area contributed by atoms with Gasteiger partial charge in [0, 0.05) is 0 Å². The second kappa shape index (κ2) is 5.91. The van der Waals surface area contributed by atoms with Crippen molar-refractivity contribution in [2.45, 2.75) is 27.1 Å². The number of halogens is 1. The Morgan fingerprint density at radius 1 is 1.28 bits per heavy atom. The van der Waals surface area contributed by atoms with E-state index < -0.39 is 17.7 Å². The maximum Gasteiger partial charge on any atom is 0.314 e. The Balaban J connectivity index is 2.73. The van der Waals surface area contributed by atoms with Gasteiger partial charge in [0.15, 0.2) is 0 Å². The third-order valence-corrected chi connectivity index (χ3v) is 2.25. The van der Waals surface area contributed by atoms with Crippen LogP contribution in [0.3, 0.4) is 0 Å². The third kappa shape index (κ3) is 4.41. The van der Waals surface area contributed by atoms with Crippen LogP contribution in [0.2, 0.25) is 0 Å². The zero-order chi connectivity index (χ0) is 13.8. The predicted molar refractivity (Wildman–Crippen MR) is 71.4 cm³/mol. The highest BCUT2D eigenvalue weighted by Crippen LogP contribution is 2.22. The standard InChI is InChI=1S/C14H17ClO3/c1-10(15)12(18-13(16)14(2,3)4)17-11-8-6-5-7-9-11/h5-9,12H,1H2,2-4H3. The summed E-state index contributed by atoms with van der Waals surface area (Å²) in [6, 6.07) is 8.98. The lowest BCUT2D eigenvalue weighted by atomic mass is 9.97. The van der Waals surface area contributed by atoms with E-state index in [1.165, 1.54) is 0 Å². The molecule has 1 aromatic carbocycles. The molecule has 3 nitrogen and oxygen atoms in total. The van der Waals surface area contributed by atoms with Gasteiger partial charge >= 0.3 is 5.97 Å². The maximum atomic E-state index is 11.8. The third-order valence-electron chi connectivity index (χ3n) is 2.07. The van der Waals surface area contributed by atoms with E-state index in [4.69, 9.17) is 21.1 Å². The number of para-hydroxylation sites is 1. The average Bonchev–Trinajstić information content (AvgIpc) is 2.28. The molecule has 0 N–H and O–H groups in total. The van der Waals surface area contributed by atoms with Crippen molar-refractivity contribution in [3.63, 3.8) is 0 Å². The number of carbonyl (C=O) groups excluding carboxylic acids is 1. The van der Waals surface area contributed by atoms with E-state index in [1.807, 2.05) is 18.2 Å². The highest BCUT2D eigenvalue weighted by molar-refractivity contribution is 6.29. The first kappa shape index (κ1) is 14.6. The van der Waals surface area contributed by atoms with E-state index in [0.29, 0.717) is 5.75 Å². The Bertz CT molecular complexity index is 420. The summed E-state index contributed by atoms with van der Waals surface area (Å²) in [5, 5.41) is 0.122. The number of benzene rings is 1. The van der Waals surface area contributed by atoms with Crippen molar-refractivity contribution in [2.24, 2.45) is 5.41 Å². The molecule has 0 heterocycles. The fourth-order valence-electron chi connectivity index (χ4n) is 1.05. The second-order valence-electron chi connectivity index (χ2n) is 4.87. The second-order valence-corrected chi connectivity index (χ2v) is 5.35. The molecule has 1 unspecified atom stereocenters. The molecule has 0 radical (unpaired) electrons. The minimum Gasteiger partial charge on any atom is -0.450 e. The Kier molecular flexibility index (Phi) is 4.79. The first-order valence-electron chi connectivity index (χ1n) is 5.58. The number of carbonyl (C=O) groups is 1. The summed E-state index contributed by atoms with van der Waals surface area (Å²) >= 11 is 5.79. The minimum atomic E-state index is -0.985. The topological polar surface area (TPSA) is 35.5 Å². The Hall–Kier alpha value is -1.48. The quantitative estimate of drug-likeness (QED) is 0.616. The molecule has 0 fully saturated rings. The summed E-state index contributed by atoms with van der Waals surface area (Å²) in [4.78, 5) is 11.8. The molecule has 0 saturated heterocycles. The first-order chi connectivity index (χ1) is 8.30. The summed E-state index contributed by atoms with van der Waals surface area (Å²) in [7, 11) is 0. The molecule has 0 spiro atoms. The molecule has 1 aromatic rings. The molecule has 1 rings (SSSR count). The minimum absolute atomic E-state index is 0.122. The van der Waals surface area contributed by atoms with Crippen LogP contribution < -0.4 is 4.74 Å². The molecule has 1 atom stereocenters. The lowest BCUT2D eigenvalue weighted by Gasteiger charge is -2.23. The van der Waals surface area contributed by atoms with Crippen LogP contribution in [-0.4, -0.2) is 12.3 Å². The van der Waals surface area contributed by atoms with Crippen LogP contribution in [0.5, 0.6) is 5.75 Å². The molecular formula is C14H17ClO3. The van der Waals surface area contributed by atoms with Crippen molar-refractivity contribution in [2.75, 3.05) is 0 Å². The van der Waals surface area contributed by atoms with Gasteiger partial charge in [-0.05, 0) is 32.9 Å². The normalized spacial score (nSPS) is 12.7. The van der Waals surface area contributed by atoms with Crippen LogP contribution in [0.4, 0.5) is 0 Å². The zero-order valence-electron chi connectivity index (χ0n) is 10.8. The van der Waals surface area contributed by atoms with Gasteiger partial charge in [-0.25, -0.2) is 0 Å².